The maximum Gasteiger partial charge on any atom is 0.277 e. The van der Waals surface area contributed by atoms with Crippen LogP contribution in [0.25, 0.3) is 5.52 Å². The molecule has 4 nitrogen and oxygen atoms in total. The summed E-state index contributed by atoms with van der Waals surface area (Å²) in [6, 6.07) is 10.2. The number of nitrogens with zero attached hydrogens (tertiary/aromatic N) is 2. The first kappa shape index (κ1) is 14.2. The number of pyridine rings is 1. The van der Waals surface area contributed by atoms with Crippen molar-refractivity contribution in [2.24, 2.45) is 0 Å². The summed E-state index contributed by atoms with van der Waals surface area (Å²) in [5.74, 6) is -0.451. The van der Waals surface area contributed by atoms with E-state index >= 15 is 0 Å². The van der Waals surface area contributed by atoms with Crippen molar-refractivity contribution in [3.05, 3.63) is 63.4 Å². The molecule has 0 atom stereocenters. The highest BCUT2D eigenvalue weighted by Gasteiger charge is 2.18. The zero-order chi connectivity index (χ0) is 15.0. The number of nitrogens with one attached hydrogen (secondary N) is 1. The highest BCUT2D eigenvalue weighted by molar-refractivity contribution is 6.38. The van der Waals surface area contributed by atoms with Crippen LogP contribution in [-0.2, 0) is 0 Å². The van der Waals surface area contributed by atoms with Crippen LogP contribution in [-0.4, -0.2) is 15.5 Å². The van der Waals surface area contributed by atoms with Gasteiger partial charge in [-0.05, 0) is 30.3 Å². The van der Waals surface area contributed by atoms with Crippen molar-refractivity contribution in [1.29, 1.82) is 0 Å². The van der Waals surface area contributed by atoms with Gasteiger partial charge in [0.05, 0.1) is 21.2 Å². The molecular formula is C14H8Cl3N3O. The Balaban J connectivity index is 1.97. The number of carbonyl (C=O) groups excluding carboxylic acids is 1. The quantitative estimate of drug-likeness (QED) is 0.744. The number of rotatable bonds is 2. The van der Waals surface area contributed by atoms with Gasteiger partial charge in [-0.2, -0.15) is 5.10 Å². The van der Waals surface area contributed by atoms with Crippen LogP contribution in [0.15, 0.2) is 42.6 Å². The third-order valence-corrected chi connectivity index (χ3v) is 3.81. The zero-order valence-corrected chi connectivity index (χ0v) is 12.7. The Hall–Kier alpha value is -1.75. The van der Waals surface area contributed by atoms with Gasteiger partial charge in [0.15, 0.2) is 5.69 Å². The fourth-order valence-corrected chi connectivity index (χ4v) is 2.50. The Morgan fingerprint density at radius 1 is 1.14 bits per heavy atom. The van der Waals surface area contributed by atoms with E-state index in [0.717, 1.165) is 0 Å². The van der Waals surface area contributed by atoms with Gasteiger partial charge in [0.1, 0.15) is 0 Å². The molecule has 0 aliphatic heterocycles. The van der Waals surface area contributed by atoms with Gasteiger partial charge in [0.2, 0.25) is 0 Å². The van der Waals surface area contributed by atoms with E-state index in [1.165, 1.54) is 4.52 Å². The molecule has 0 unspecified atom stereocenters. The van der Waals surface area contributed by atoms with Crippen LogP contribution in [0.1, 0.15) is 10.5 Å². The Bertz CT molecular complexity index is 845. The molecule has 21 heavy (non-hydrogen) atoms. The lowest BCUT2D eigenvalue weighted by Crippen LogP contribution is -2.13. The molecule has 0 bridgehead atoms. The first-order valence-corrected chi connectivity index (χ1v) is 7.09. The SMILES string of the molecule is O=C(Nc1cc(Cl)ccc1Cl)c1nn2ccccc2c1Cl. The average Bonchev–Trinajstić information content (AvgIpc) is 2.81. The van der Waals surface area contributed by atoms with Crippen molar-refractivity contribution in [3.8, 4) is 0 Å². The second-order valence-corrected chi connectivity index (χ2v) is 5.49. The lowest BCUT2D eigenvalue weighted by atomic mass is 10.3. The Morgan fingerprint density at radius 2 is 1.95 bits per heavy atom. The van der Waals surface area contributed by atoms with Gasteiger partial charge in [-0.25, -0.2) is 4.52 Å². The predicted molar refractivity (Wildman–Crippen MR) is 84.6 cm³/mol. The standard InChI is InChI=1S/C14H8Cl3N3O/c15-8-4-5-9(16)10(7-8)18-14(21)13-12(17)11-3-1-2-6-20(11)19-13/h1-7H,(H,18,21). The van der Waals surface area contributed by atoms with Crippen molar-refractivity contribution in [2.45, 2.75) is 0 Å². The number of hydrogen-bond donors (Lipinski definition) is 1. The van der Waals surface area contributed by atoms with E-state index in [2.05, 4.69) is 10.4 Å². The summed E-state index contributed by atoms with van der Waals surface area (Å²) < 4.78 is 1.54. The topological polar surface area (TPSA) is 46.4 Å². The first-order chi connectivity index (χ1) is 10.1. The molecule has 2 heterocycles. The second kappa shape index (κ2) is 5.56. The van der Waals surface area contributed by atoms with Gasteiger partial charge in [0, 0.05) is 11.2 Å². The van der Waals surface area contributed by atoms with Gasteiger partial charge in [-0.15, -0.1) is 0 Å². The molecule has 0 radical (unpaired) electrons. The van der Waals surface area contributed by atoms with Gasteiger partial charge >= 0.3 is 0 Å². The third kappa shape index (κ3) is 2.70. The van der Waals surface area contributed by atoms with Crippen molar-refractivity contribution >= 4 is 51.9 Å². The van der Waals surface area contributed by atoms with Crippen LogP contribution in [0.4, 0.5) is 5.69 Å². The zero-order valence-electron chi connectivity index (χ0n) is 10.5. The summed E-state index contributed by atoms with van der Waals surface area (Å²) in [6.45, 7) is 0. The summed E-state index contributed by atoms with van der Waals surface area (Å²) in [5, 5.41) is 7.94. The summed E-state index contributed by atoms with van der Waals surface area (Å²) in [4.78, 5) is 12.3. The Morgan fingerprint density at radius 3 is 2.71 bits per heavy atom. The lowest BCUT2D eigenvalue weighted by Gasteiger charge is -2.06. The molecule has 0 fully saturated rings. The third-order valence-electron chi connectivity index (χ3n) is 2.87. The Kier molecular flexibility index (Phi) is 3.76. The molecule has 0 aliphatic rings. The summed E-state index contributed by atoms with van der Waals surface area (Å²) >= 11 is 18.1. The molecule has 0 saturated carbocycles. The molecule has 2 aromatic heterocycles. The maximum atomic E-state index is 12.3. The minimum atomic E-state index is -0.451. The number of hydrogen-bond acceptors (Lipinski definition) is 2. The van der Waals surface area contributed by atoms with E-state index in [9.17, 15) is 4.79 Å². The molecule has 3 rings (SSSR count). The van der Waals surface area contributed by atoms with Crippen LogP contribution >= 0.6 is 34.8 Å². The van der Waals surface area contributed by atoms with E-state index in [1.54, 1.807) is 36.5 Å². The average molecular weight is 341 g/mol. The lowest BCUT2D eigenvalue weighted by molar-refractivity contribution is 0.102. The van der Waals surface area contributed by atoms with Crippen molar-refractivity contribution < 1.29 is 4.79 Å². The van der Waals surface area contributed by atoms with Crippen molar-refractivity contribution in [2.75, 3.05) is 5.32 Å². The predicted octanol–water partition coefficient (Wildman–Crippen LogP) is 4.55. The van der Waals surface area contributed by atoms with E-state index < -0.39 is 5.91 Å². The normalized spacial score (nSPS) is 10.8. The van der Waals surface area contributed by atoms with Gasteiger partial charge in [-0.3, -0.25) is 4.79 Å². The molecule has 1 aromatic carbocycles. The molecule has 0 aliphatic carbocycles. The molecule has 1 amide bonds. The van der Waals surface area contributed by atoms with E-state index in [4.69, 9.17) is 34.8 Å². The molecule has 106 valence electrons. The minimum Gasteiger partial charge on any atom is -0.319 e. The smallest absolute Gasteiger partial charge is 0.277 e. The number of fused-ring (bicyclic) bond motifs is 1. The molecule has 0 spiro atoms. The highest BCUT2D eigenvalue weighted by atomic mass is 35.5. The number of benzene rings is 1. The van der Waals surface area contributed by atoms with E-state index in [0.29, 0.717) is 21.2 Å². The number of amides is 1. The molecule has 1 N–H and O–H groups in total. The number of halogens is 3. The van der Waals surface area contributed by atoms with Crippen molar-refractivity contribution in [3.63, 3.8) is 0 Å². The fraction of sp³-hybridized carbons (Fsp3) is 0. The number of aromatic nitrogens is 2. The Labute approximate surface area is 135 Å². The fourth-order valence-electron chi connectivity index (χ4n) is 1.89. The molecular weight excluding hydrogens is 333 g/mol. The molecule has 7 heteroatoms. The largest absolute Gasteiger partial charge is 0.319 e. The van der Waals surface area contributed by atoms with Crippen LogP contribution < -0.4 is 5.32 Å². The monoisotopic (exact) mass is 339 g/mol. The van der Waals surface area contributed by atoms with Crippen LogP contribution in [0.3, 0.4) is 0 Å². The van der Waals surface area contributed by atoms with Gasteiger partial charge in [-0.1, -0.05) is 40.9 Å². The number of carbonyl (C=O) groups is 1. The second-order valence-electron chi connectivity index (χ2n) is 4.27. The maximum absolute atomic E-state index is 12.3. The van der Waals surface area contributed by atoms with Crippen molar-refractivity contribution in [1.82, 2.24) is 9.61 Å². The van der Waals surface area contributed by atoms with Gasteiger partial charge < -0.3 is 5.32 Å². The first-order valence-electron chi connectivity index (χ1n) is 5.95. The van der Waals surface area contributed by atoms with Gasteiger partial charge in [0.25, 0.3) is 5.91 Å². The molecule has 0 saturated heterocycles. The summed E-state index contributed by atoms with van der Waals surface area (Å²) in [7, 11) is 0. The van der Waals surface area contributed by atoms with E-state index in [1.807, 2.05) is 6.07 Å². The van der Waals surface area contributed by atoms with Crippen LogP contribution in [0.5, 0.6) is 0 Å². The van der Waals surface area contributed by atoms with E-state index in [-0.39, 0.29) is 10.7 Å². The summed E-state index contributed by atoms with van der Waals surface area (Å²) in [6.07, 6.45) is 1.71. The molecule has 3 aromatic rings. The summed E-state index contributed by atoms with van der Waals surface area (Å²) in [5.41, 5.74) is 1.18. The minimum absolute atomic E-state index is 0.124. The van der Waals surface area contributed by atoms with Crippen LogP contribution in [0, 0.1) is 0 Å². The number of anilines is 1. The van der Waals surface area contributed by atoms with Crippen LogP contribution in [0.2, 0.25) is 15.1 Å². The highest BCUT2D eigenvalue weighted by Crippen LogP contribution is 2.27.